The fraction of sp³-hybridized carbons (Fsp3) is 0.700. The van der Waals surface area contributed by atoms with Crippen LogP contribution >= 0.6 is 0 Å². The van der Waals surface area contributed by atoms with Gasteiger partial charge in [0, 0.05) is 7.11 Å². The molecule has 76 valence electrons. The van der Waals surface area contributed by atoms with E-state index in [2.05, 4.69) is 12.2 Å². The molecule has 1 N–H and O–H groups in total. The summed E-state index contributed by atoms with van der Waals surface area (Å²) < 4.78 is 5.42. The average molecular weight is 186 g/mol. The molecule has 1 aliphatic carbocycles. The second-order valence-corrected chi connectivity index (χ2v) is 2.88. The molecule has 13 heavy (non-hydrogen) atoms. The highest BCUT2D eigenvalue weighted by atomic mass is 16.5. The van der Waals surface area contributed by atoms with Crippen LogP contribution < -0.4 is 0 Å². The molecule has 1 aliphatic rings. The van der Waals surface area contributed by atoms with Crippen LogP contribution in [0.25, 0.3) is 0 Å². The van der Waals surface area contributed by atoms with Gasteiger partial charge >= 0.3 is 0 Å². The van der Waals surface area contributed by atoms with E-state index in [1.54, 1.807) is 6.92 Å². The largest absolute Gasteiger partial charge is 0.400 e. The predicted octanol–water partition coefficient (Wildman–Crippen LogP) is 1.31. The number of aliphatic hydroxyl groups excluding tert-OH is 1. The summed E-state index contributed by atoms with van der Waals surface area (Å²) in [4.78, 5) is 10.2. The summed E-state index contributed by atoms with van der Waals surface area (Å²) in [5, 5.41) is 7.00. The van der Waals surface area contributed by atoms with Crippen molar-refractivity contribution in [3.63, 3.8) is 0 Å². The van der Waals surface area contributed by atoms with E-state index in [1.807, 2.05) is 0 Å². The third-order valence-corrected chi connectivity index (χ3v) is 1.82. The summed E-state index contributed by atoms with van der Waals surface area (Å²) in [5.41, 5.74) is 0. The molecule has 3 heteroatoms. The Hall–Kier alpha value is -0.670. The molecule has 0 aromatic rings. The van der Waals surface area contributed by atoms with E-state index in [4.69, 9.17) is 9.84 Å². The van der Waals surface area contributed by atoms with E-state index in [0.29, 0.717) is 0 Å². The maximum absolute atomic E-state index is 10.2. The molecule has 0 saturated carbocycles. The highest BCUT2D eigenvalue weighted by Gasteiger charge is 2.12. The summed E-state index contributed by atoms with van der Waals surface area (Å²) in [6.07, 6.45) is 8.23. The average Bonchev–Trinajstić information content (AvgIpc) is 2.22. The molecule has 2 unspecified atom stereocenters. The third-order valence-electron chi connectivity index (χ3n) is 1.82. The van der Waals surface area contributed by atoms with Crippen molar-refractivity contribution in [2.45, 2.75) is 38.4 Å². The number of rotatable bonds is 3. The molecule has 0 amide bonds. The minimum atomic E-state index is -0.244. The lowest BCUT2D eigenvalue weighted by molar-refractivity contribution is -0.120. The van der Waals surface area contributed by atoms with Crippen molar-refractivity contribution < 1.29 is 14.6 Å². The SMILES string of the molecule is CC(C=O)OC1CC=CCC1.CO. The van der Waals surface area contributed by atoms with Crippen molar-refractivity contribution in [1.29, 1.82) is 0 Å². The standard InChI is InChI=1S/C9H14O2.CH4O/c1-8(7-10)11-9-5-3-2-4-6-9;1-2/h2-3,7-9H,4-6H2,1H3;2H,1H3. The molecule has 2 atom stereocenters. The Morgan fingerprint density at radius 3 is 2.69 bits per heavy atom. The van der Waals surface area contributed by atoms with Crippen molar-refractivity contribution in [2.24, 2.45) is 0 Å². The zero-order valence-electron chi connectivity index (χ0n) is 8.27. The molecular weight excluding hydrogens is 168 g/mol. The van der Waals surface area contributed by atoms with Crippen LogP contribution in [0.2, 0.25) is 0 Å². The highest BCUT2D eigenvalue weighted by molar-refractivity contribution is 5.55. The Balaban J connectivity index is 0.000000671. The number of ether oxygens (including phenoxy) is 1. The molecule has 1 rings (SSSR count). The minimum Gasteiger partial charge on any atom is -0.400 e. The van der Waals surface area contributed by atoms with Crippen molar-refractivity contribution in [2.75, 3.05) is 7.11 Å². The molecule has 0 fully saturated rings. The Morgan fingerprint density at radius 2 is 2.23 bits per heavy atom. The normalized spacial score (nSPS) is 22.8. The van der Waals surface area contributed by atoms with E-state index in [-0.39, 0.29) is 12.2 Å². The van der Waals surface area contributed by atoms with Crippen LogP contribution in [-0.2, 0) is 9.53 Å². The fourth-order valence-corrected chi connectivity index (χ4v) is 1.23. The first-order chi connectivity index (χ1) is 6.33. The lowest BCUT2D eigenvalue weighted by Crippen LogP contribution is -2.21. The van der Waals surface area contributed by atoms with Gasteiger partial charge in [-0.1, -0.05) is 12.2 Å². The van der Waals surface area contributed by atoms with Crippen LogP contribution in [-0.4, -0.2) is 30.7 Å². The first-order valence-corrected chi connectivity index (χ1v) is 4.53. The monoisotopic (exact) mass is 186 g/mol. The van der Waals surface area contributed by atoms with Crippen LogP contribution in [0, 0.1) is 0 Å². The van der Waals surface area contributed by atoms with Gasteiger partial charge < -0.3 is 14.6 Å². The summed E-state index contributed by atoms with van der Waals surface area (Å²) >= 11 is 0. The lowest BCUT2D eigenvalue weighted by atomic mass is 10.0. The van der Waals surface area contributed by atoms with Crippen molar-refractivity contribution in [1.82, 2.24) is 0 Å². The molecule has 0 spiro atoms. The number of aldehydes is 1. The lowest BCUT2D eigenvalue weighted by Gasteiger charge is -2.20. The minimum absolute atomic E-state index is 0.244. The summed E-state index contributed by atoms with van der Waals surface area (Å²) in [7, 11) is 1.00. The van der Waals surface area contributed by atoms with Gasteiger partial charge in [-0.3, -0.25) is 0 Å². The predicted molar refractivity (Wildman–Crippen MR) is 51.5 cm³/mol. The van der Waals surface area contributed by atoms with Gasteiger partial charge in [-0.25, -0.2) is 0 Å². The smallest absolute Gasteiger partial charge is 0.148 e. The number of hydrogen-bond acceptors (Lipinski definition) is 3. The topological polar surface area (TPSA) is 46.5 Å². The van der Waals surface area contributed by atoms with Crippen LogP contribution in [0.1, 0.15) is 26.2 Å². The van der Waals surface area contributed by atoms with Crippen LogP contribution in [0.3, 0.4) is 0 Å². The summed E-state index contributed by atoms with van der Waals surface area (Å²) in [5.74, 6) is 0. The van der Waals surface area contributed by atoms with E-state index in [0.717, 1.165) is 32.7 Å². The first kappa shape index (κ1) is 12.3. The number of allylic oxidation sites excluding steroid dienone is 1. The van der Waals surface area contributed by atoms with Crippen LogP contribution in [0.5, 0.6) is 0 Å². The fourth-order valence-electron chi connectivity index (χ4n) is 1.23. The Labute approximate surface area is 79.4 Å². The van der Waals surface area contributed by atoms with Gasteiger partial charge in [0.05, 0.1) is 6.10 Å². The van der Waals surface area contributed by atoms with Crippen LogP contribution in [0.4, 0.5) is 0 Å². The summed E-state index contributed by atoms with van der Waals surface area (Å²) in [6, 6.07) is 0. The molecular formula is C10H18O3. The van der Waals surface area contributed by atoms with Gasteiger partial charge in [-0.2, -0.15) is 0 Å². The maximum Gasteiger partial charge on any atom is 0.148 e. The van der Waals surface area contributed by atoms with E-state index in [9.17, 15) is 4.79 Å². The third kappa shape index (κ3) is 5.55. The molecule has 0 radical (unpaired) electrons. The van der Waals surface area contributed by atoms with Gasteiger partial charge in [-0.05, 0) is 26.2 Å². The Morgan fingerprint density at radius 1 is 1.54 bits per heavy atom. The molecule has 0 aromatic heterocycles. The Kier molecular flexibility index (Phi) is 7.54. The van der Waals surface area contributed by atoms with Crippen molar-refractivity contribution >= 4 is 6.29 Å². The number of carbonyl (C=O) groups is 1. The highest BCUT2D eigenvalue weighted by Crippen LogP contribution is 2.15. The first-order valence-electron chi connectivity index (χ1n) is 4.53. The van der Waals surface area contributed by atoms with Crippen molar-refractivity contribution in [3.8, 4) is 0 Å². The molecule has 0 aromatic carbocycles. The van der Waals surface area contributed by atoms with Crippen molar-refractivity contribution in [3.05, 3.63) is 12.2 Å². The quantitative estimate of drug-likeness (QED) is 0.534. The van der Waals surface area contributed by atoms with Gasteiger partial charge in [0.25, 0.3) is 0 Å². The second-order valence-electron chi connectivity index (χ2n) is 2.88. The van der Waals surface area contributed by atoms with E-state index < -0.39 is 0 Å². The number of hydrogen-bond donors (Lipinski definition) is 1. The van der Waals surface area contributed by atoms with E-state index in [1.165, 1.54) is 0 Å². The van der Waals surface area contributed by atoms with Gasteiger partial charge in [0.2, 0.25) is 0 Å². The van der Waals surface area contributed by atoms with E-state index >= 15 is 0 Å². The molecule has 0 bridgehead atoms. The van der Waals surface area contributed by atoms with Gasteiger partial charge in [-0.15, -0.1) is 0 Å². The molecule has 3 nitrogen and oxygen atoms in total. The Bertz CT molecular complexity index is 154. The van der Waals surface area contributed by atoms with Gasteiger partial charge in [0.15, 0.2) is 0 Å². The number of carbonyl (C=O) groups excluding carboxylic acids is 1. The maximum atomic E-state index is 10.2. The van der Waals surface area contributed by atoms with Crippen LogP contribution in [0.15, 0.2) is 12.2 Å². The number of aliphatic hydroxyl groups is 1. The molecule has 0 saturated heterocycles. The molecule has 0 heterocycles. The zero-order valence-corrected chi connectivity index (χ0v) is 8.27. The second kappa shape index (κ2) is 7.95. The van der Waals surface area contributed by atoms with Gasteiger partial charge in [0.1, 0.15) is 12.4 Å². The molecule has 0 aliphatic heterocycles. The summed E-state index contributed by atoms with van der Waals surface area (Å²) in [6.45, 7) is 1.78. The zero-order chi connectivity index (χ0) is 10.1.